The average molecular weight is 533 g/mol. The normalized spacial score (nSPS) is 13.2. The van der Waals surface area contributed by atoms with E-state index < -0.39 is 41.7 Å². The molecule has 0 unspecified atom stereocenters. The molecular weight excluding hydrogens is 495 g/mol. The summed E-state index contributed by atoms with van der Waals surface area (Å²) in [6.07, 6.45) is -1.87. The van der Waals surface area contributed by atoms with Crippen molar-refractivity contribution < 1.29 is 28.6 Å². The van der Waals surface area contributed by atoms with Crippen LogP contribution in [0.4, 0.5) is 10.1 Å². The summed E-state index contributed by atoms with van der Waals surface area (Å²) in [5.41, 5.74) is 18.1. The number of ether oxygens (including phenoxy) is 1. The predicted octanol–water partition coefficient (Wildman–Crippen LogP) is 0.153. The fourth-order valence-electron chi connectivity index (χ4n) is 3.65. The molecule has 0 aliphatic carbocycles. The first-order valence-corrected chi connectivity index (χ1v) is 12.3. The first-order chi connectivity index (χ1) is 18.1. The zero-order valence-electron chi connectivity index (χ0n) is 21.7. The summed E-state index contributed by atoms with van der Waals surface area (Å²) in [5.74, 6) is -2.65. The van der Waals surface area contributed by atoms with Gasteiger partial charge >= 0.3 is 0 Å². The summed E-state index contributed by atoms with van der Waals surface area (Å²) in [6.45, 7) is 4.84. The van der Waals surface area contributed by atoms with Crippen molar-refractivity contribution in [2.45, 2.75) is 38.5 Å². The highest BCUT2D eigenvalue weighted by atomic mass is 19.1. The van der Waals surface area contributed by atoms with Gasteiger partial charge in [-0.1, -0.05) is 29.8 Å². The topological polar surface area (TPSA) is 186 Å². The Balaban J connectivity index is 2.24. The minimum absolute atomic E-state index is 0.174. The number of carbonyl (C=O) groups is 3. The number of halogens is 1. The van der Waals surface area contributed by atoms with E-state index in [-0.39, 0.29) is 44.0 Å². The van der Waals surface area contributed by atoms with Gasteiger partial charge in [0.2, 0.25) is 17.7 Å². The van der Waals surface area contributed by atoms with Gasteiger partial charge in [-0.15, -0.1) is 0 Å². The summed E-state index contributed by atoms with van der Waals surface area (Å²) in [7, 11) is 0. The number of aliphatic hydroxyl groups is 1. The Labute approximate surface area is 221 Å². The van der Waals surface area contributed by atoms with Crippen molar-refractivity contribution in [3.63, 3.8) is 0 Å². The number of nitrogens with zero attached hydrogens (tertiary/aromatic N) is 1. The minimum Gasteiger partial charge on any atom is -0.494 e. The lowest BCUT2D eigenvalue weighted by atomic mass is 9.99. The zero-order valence-corrected chi connectivity index (χ0v) is 21.7. The first kappa shape index (κ1) is 30.6. The van der Waals surface area contributed by atoms with Gasteiger partial charge in [0.05, 0.1) is 24.8 Å². The summed E-state index contributed by atoms with van der Waals surface area (Å²) in [5, 5.41) is 15.8. The first-order valence-electron chi connectivity index (χ1n) is 12.3. The van der Waals surface area contributed by atoms with Crippen LogP contribution in [-0.2, 0) is 14.4 Å². The lowest BCUT2D eigenvalue weighted by Crippen LogP contribution is -2.53. The maximum absolute atomic E-state index is 14.6. The number of aryl methyl sites for hydroxylation is 1. The Morgan fingerprint density at radius 3 is 2.24 bits per heavy atom. The van der Waals surface area contributed by atoms with Gasteiger partial charge in [0.15, 0.2) is 0 Å². The summed E-state index contributed by atoms with van der Waals surface area (Å²) >= 11 is 0. The Hall–Kier alpha value is -3.58. The van der Waals surface area contributed by atoms with Crippen LogP contribution in [0.1, 0.15) is 30.6 Å². The number of nitrogens with two attached hydrogens (primary N) is 3. The molecule has 0 radical (unpaired) electrons. The highest BCUT2D eigenvalue weighted by Crippen LogP contribution is 2.23. The van der Waals surface area contributed by atoms with Crippen LogP contribution in [0.25, 0.3) is 0 Å². The second-order valence-corrected chi connectivity index (χ2v) is 8.67. The molecule has 12 heteroatoms. The standard InChI is InChI=1S/C26H37FN6O5/c1-3-38-18-8-9-21(19(27)14-18)31-26(37)23(24(35)17-6-4-16(2)5-7-17)32-25(36)20(30)15-22(34)33(12-10-28)13-11-29/h4-9,14,20,23-24,35H,3,10-13,15,28-30H2,1-2H3,(H,31,37)(H,32,36)/t20-,23-,24+/m0/s1. The molecule has 0 saturated carbocycles. The lowest BCUT2D eigenvalue weighted by Gasteiger charge is -2.26. The summed E-state index contributed by atoms with van der Waals surface area (Å²) < 4.78 is 19.8. The van der Waals surface area contributed by atoms with Gasteiger partial charge in [0, 0.05) is 32.2 Å². The van der Waals surface area contributed by atoms with Crippen LogP contribution in [0.2, 0.25) is 0 Å². The van der Waals surface area contributed by atoms with Gasteiger partial charge < -0.3 is 42.6 Å². The Morgan fingerprint density at radius 2 is 1.68 bits per heavy atom. The monoisotopic (exact) mass is 532 g/mol. The van der Waals surface area contributed by atoms with Crippen molar-refractivity contribution >= 4 is 23.4 Å². The second kappa shape index (κ2) is 15.0. The smallest absolute Gasteiger partial charge is 0.250 e. The van der Waals surface area contributed by atoms with Crippen molar-refractivity contribution in [3.8, 4) is 5.75 Å². The molecule has 38 heavy (non-hydrogen) atoms. The molecule has 3 atom stereocenters. The molecule has 2 rings (SSSR count). The molecule has 2 aromatic carbocycles. The Kier molecular flexibility index (Phi) is 12.1. The second-order valence-electron chi connectivity index (χ2n) is 8.67. The van der Waals surface area contributed by atoms with Gasteiger partial charge in [0.1, 0.15) is 23.7 Å². The molecule has 0 aliphatic heterocycles. The molecule has 3 amide bonds. The van der Waals surface area contributed by atoms with E-state index in [1.54, 1.807) is 31.2 Å². The lowest BCUT2D eigenvalue weighted by molar-refractivity contribution is -0.135. The van der Waals surface area contributed by atoms with Gasteiger partial charge in [-0.2, -0.15) is 0 Å². The van der Waals surface area contributed by atoms with E-state index in [0.717, 1.165) is 11.6 Å². The molecule has 0 bridgehead atoms. The molecule has 0 spiro atoms. The Bertz CT molecular complexity index is 1080. The van der Waals surface area contributed by atoms with Crippen molar-refractivity contribution in [2.75, 3.05) is 38.1 Å². The van der Waals surface area contributed by atoms with Crippen LogP contribution >= 0.6 is 0 Å². The molecule has 208 valence electrons. The van der Waals surface area contributed by atoms with Crippen LogP contribution in [0.5, 0.6) is 5.75 Å². The van der Waals surface area contributed by atoms with E-state index >= 15 is 0 Å². The number of nitrogens with one attached hydrogen (secondary N) is 2. The molecule has 2 aromatic rings. The number of rotatable bonds is 14. The minimum atomic E-state index is -1.55. The third kappa shape index (κ3) is 8.77. The number of carbonyl (C=O) groups excluding carboxylic acids is 3. The van der Waals surface area contributed by atoms with Crippen molar-refractivity contribution in [3.05, 3.63) is 59.4 Å². The summed E-state index contributed by atoms with van der Waals surface area (Å²) in [6, 6.07) is 7.68. The van der Waals surface area contributed by atoms with E-state index in [2.05, 4.69) is 10.6 Å². The number of benzene rings is 2. The predicted molar refractivity (Wildman–Crippen MR) is 142 cm³/mol. The van der Waals surface area contributed by atoms with Gasteiger partial charge in [-0.3, -0.25) is 14.4 Å². The number of amides is 3. The molecule has 11 nitrogen and oxygen atoms in total. The molecule has 0 aliphatic rings. The number of hydrogen-bond donors (Lipinski definition) is 6. The Morgan fingerprint density at radius 1 is 1.05 bits per heavy atom. The molecule has 9 N–H and O–H groups in total. The highest BCUT2D eigenvalue weighted by Gasteiger charge is 2.32. The third-order valence-electron chi connectivity index (χ3n) is 5.71. The molecule has 0 saturated heterocycles. The average Bonchev–Trinajstić information content (AvgIpc) is 2.88. The zero-order chi connectivity index (χ0) is 28.2. The van der Waals surface area contributed by atoms with Crippen molar-refractivity contribution in [2.24, 2.45) is 17.2 Å². The van der Waals surface area contributed by atoms with E-state index in [0.29, 0.717) is 12.2 Å². The largest absolute Gasteiger partial charge is 0.494 e. The van der Waals surface area contributed by atoms with Crippen LogP contribution < -0.4 is 32.6 Å². The van der Waals surface area contributed by atoms with E-state index in [9.17, 15) is 23.9 Å². The fourth-order valence-corrected chi connectivity index (χ4v) is 3.65. The van der Waals surface area contributed by atoms with Crippen LogP contribution in [0.3, 0.4) is 0 Å². The van der Waals surface area contributed by atoms with Gasteiger partial charge in [-0.25, -0.2) is 4.39 Å². The van der Waals surface area contributed by atoms with E-state index in [1.807, 2.05) is 6.92 Å². The number of hydrogen-bond acceptors (Lipinski definition) is 8. The molecule has 0 fully saturated rings. The maximum atomic E-state index is 14.6. The van der Waals surface area contributed by atoms with Gasteiger partial charge in [-0.05, 0) is 31.5 Å². The number of aliphatic hydroxyl groups excluding tert-OH is 1. The quantitative estimate of drug-likeness (QED) is 0.198. The number of anilines is 1. The summed E-state index contributed by atoms with van der Waals surface area (Å²) in [4.78, 5) is 40.1. The van der Waals surface area contributed by atoms with Crippen LogP contribution in [-0.4, -0.2) is 72.6 Å². The molecule has 0 aromatic heterocycles. The highest BCUT2D eigenvalue weighted by molar-refractivity contribution is 5.99. The fraction of sp³-hybridized carbons (Fsp3) is 0.423. The van der Waals surface area contributed by atoms with Crippen molar-refractivity contribution in [1.82, 2.24) is 10.2 Å². The molecule has 0 heterocycles. The maximum Gasteiger partial charge on any atom is 0.250 e. The van der Waals surface area contributed by atoms with Crippen LogP contribution in [0.15, 0.2) is 42.5 Å². The van der Waals surface area contributed by atoms with Crippen LogP contribution in [0, 0.1) is 12.7 Å². The van der Waals surface area contributed by atoms with E-state index in [1.165, 1.54) is 17.0 Å². The van der Waals surface area contributed by atoms with E-state index in [4.69, 9.17) is 21.9 Å². The van der Waals surface area contributed by atoms with Crippen molar-refractivity contribution in [1.29, 1.82) is 0 Å². The SMILES string of the molecule is CCOc1ccc(NC(=O)[C@@H](NC(=O)[C@@H](N)CC(=O)N(CCN)CCN)[C@H](O)c2ccc(C)cc2)c(F)c1. The molecular formula is C26H37FN6O5. The third-order valence-corrected chi connectivity index (χ3v) is 5.71. The van der Waals surface area contributed by atoms with Gasteiger partial charge in [0.25, 0.3) is 0 Å².